The largest absolute Gasteiger partial charge is 0.385 e. The molecular weight excluding hydrogens is 142 g/mol. The lowest BCUT2D eigenvalue weighted by Crippen LogP contribution is -2.34. The van der Waals surface area contributed by atoms with Crippen LogP contribution in [0.5, 0.6) is 0 Å². The highest BCUT2D eigenvalue weighted by molar-refractivity contribution is 4.74. The van der Waals surface area contributed by atoms with E-state index in [1.54, 1.807) is 0 Å². The Morgan fingerprint density at radius 1 is 1.60 bits per heavy atom. The summed E-state index contributed by atoms with van der Waals surface area (Å²) in [5, 5.41) is 8.89. The van der Waals surface area contributed by atoms with E-state index in [0.717, 1.165) is 6.92 Å². The van der Waals surface area contributed by atoms with E-state index >= 15 is 0 Å². The van der Waals surface area contributed by atoms with Gasteiger partial charge >= 0.3 is 0 Å². The minimum Gasteiger partial charge on any atom is -0.385 e. The highest BCUT2D eigenvalue weighted by Gasteiger charge is 2.31. The summed E-state index contributed by atoms with van der Waals surface area (Å²) < 4.78 is 28.2. The van der Waals surface area contributed by atoms with Crippen LogP contribution in [0.15, 0.2) is 0 Å². The molecule has 0 aromatic rings. The summed E-state index contributed by atoms with van der Waals surface area (Å²) >= 11 is 0. The average molecular weight is 154 g/mol. The first-order chi connectivity index (χ1) is 4.50. The van der Waals surface area contributed by atoms with Gasteiger partial charge in [0, 0.05) is 20.1 Å². The standard InChI is InChI=1S/C6H12F2O2/c1-6(9,5(7)8)3-4-10-2/h5,9H,3-4H2,1-2H3. The Morgan fingerprint density at radius 3 is 2.40 bits per heavy atom. The fourth-order valence-corrected chi connectivity index (χ4v) is 0.418. The highest BCUT2D eigenvalue weighted by Crippen LogP contribution is 2.18. The summed E-state index contributed by atoms with van der Waals surface area (Å²) in [6, 6.07) is 0. The number of hydrogen-bond donors (Lipinski definition) is 1. The molecule has 1 N–H and O–H groups in total. The number of aliphatic hydroxyl groups is 1. The van der Waals surface area contributed by atoms with E-state index in [1.807, 2.05) is 0 Å². The van der Waals surface area contributed by atoms with Crippen LogP contribution in [0.2, 0.25) is 0 Å². The zero-order chi connectivity index (χ0) is 8.20. The third-order valence-corrected chi connectivity index (χ3v) is 1.28. The molecule has 0 fully saturated rings. The fraction of sp³-hybridized carbons (Fsp3) is 1.00. The molecule has 2 nitrogen and oxygen atoms in total. The minimum atomic E-state index is -2.71. The van der Waals surface area contributed by atoms with Crippen molar-refractivity contribution in [1.29, 1.82) is 0 Å². The maximum atomic E-state index is 11.8. The SMILES string of the molecule is COCCC(C)(O)C(F)F. The van der Waals surface area contributed by atoms with E-state index in [-0.39, 0.29) is 13.0 Å². The second kappa shape index (κ2) is 3.83. The number of halogens is 2. The van der Waals surface area contributed by atoms with Crippen LogP contribution < -0.4 is 0 Å². The third kappa shape index (κ3) is 3.08. The topological polar surface area (TPSA) is 29.5 Å². The van der Waals surface area contributed by atoms with Crippen LogP contribution >= 0.6 is 0 Å². The Balaban J connectivity index is 3.63. The van der Waals surface area contributed by atoms with Crippen molar-refractivity contribution in [3.63, 3.8) is 0 Å². The van der Waals surface area contributed by atoms with Gasteiger partial charge in [0.2, 0.25) is 0 Å². The van der Waals surface area contributed by atoms with Gasteiger partial charge in [0.15, 0.2) is 0 Å². The zero-order valence-electron chi connectivity index (χ0n) is 6.10. The number of hydrogen-bond acceptors (Lipinski definition) is 2. The van der Waals surface area contributed by atoms with E-state index < -0.39 is 12.0 Å². The summed E-state index contributed by atoms with van der Waals surface area (Å²) in [4.78, 5) is 0. The van der Waals surface area contributed by atoms with Gasteiger partial charge in [-0.3, -0.25) is 0 Å². The second-order valence-electron chi connectivity index (χ2n) is 2.40. The molecule has 1 unspecified atom stereocenters. The van der Waals surface area contributed by atoms with Crippen molar-refractivity contribution in [1.82, 2.24) is 0 Å². The molecule has 4 heteroatoms. The van der Waals surface area contributed by atoms with E-state index in [4.69, 9.17) is 5.11 Å². The monoisotopic (exact) mass is 154 g/mol. The molecule has 0 aromatic heterocycles. The van der Waals surface area contributed by atoms with Crippen LogP contribution in [-0.4, -0.2) is 30.8 Å². The van der Waals surface area contributed by atoms with Crippen molar-refractivity contribution >= 4 is 0 Å². The van der Waals surface area contributed by atoms with Gasteiger partial charge in [-0.25, -0.2) is 8.78 Å². The Morgan fingerprint density at radius 2 is 2.10 bits per heavy atom. The maximum Gasteiger partial charge on any atom is 0.266 e. The minimum absolute atomic E-state index is 0.0405. The molecule has 0 rings (SSSR count). The summed E-state index contributed by atoms with van der Waals surface area (Å²) in [5.74, 6) is 0. The normalized spacial score (nSPS) is 17.4. The second-order valence-corrected chi connectivity index (χ2v) is 2.40. The first-order valence-electron chi connectivity index (χ1n) is 3.00. The van der Waals surface area contributed by atoms with Crippen molar-refractivity contribution in [2.24, 2.45) is 0 Å². The molecule has 0 aromatic carbocycles. The van der Waals surface area contributed by atoms with E-state index in [9.17, 15) is 8.78 Å². The summed E-state index contributed by atoms with van der Waals surface area (Å²) in [5.41, 5.74) is -1.91. The predicted octanol–water partition coefficient (Wildman–Crippen LogP) is 1.04. The van der Waals surface area contributed by atoms with Crippen LogP contribution in [0.1, 0.15) is 13.3 Å². The molecule has 0 saturated carbocycles. The maximum absolute atomic E-state index is 11.8. The number of methoxy groups -OCH3 is 1. The number of alkyl halides is 2. The molecular formula is C6H12F2O2. The molecule has 10 heavy (non-hydrogen) atoms. The summed E-state index contributed by atoms with van der Waals surface area (Å²) in [6.07, 6.45) is -2.75. The van der Waals surface area contributed by atoms with Gasteiger partial charge in [-0.05, 0) is 6.92 Å². The van der Waals surface area contributed by atoms with Gasteiger partial charge in [-0.1, -0.05) is 0 Å². The molecule has 0 saturated heterocycles. The van der Waals surface area contributed by atoms with Crippen molar-refractivity contribution in [3.05, 3.63) is 0 Å². The van der Waals surface area contributed by atoms with Crippen LogP contribution in [0.4, 0.5) is 8.78 Å². The lowest BCUT2D eigenvalue weighted by molar-refractivity contribution is -0.0962. The molecule has 0 aliphatic heterocycles. The molecule has 0 aliphatic carbocycles. The molecule has 1 atom stereocenters. The van der Waals surface area contributed by atoms with Crippen molar-refractivity contribution in [2.75, 3.05) is 13.7 Å². The zero-order valence-corrected chi connectivity index (χ0v) is 6.10. The van der Waals surface area contributed by atoms with Crippen molar-refractivity contribution in [3.8, 4) is 0 Å². The van der Waals surface area contributed by atoms with Gasteiger partial charge in [0.1, 0.15) is 5.60 Å². The quantitative estimate of drug-likeness (QED) is 0.655. The molecule has 0 bridgehead atoms. The van der Waals surface area contributed by atoms with Crippen molar-refractivity contribution in [2.45, 2.75) is 25.4 Å². The van der Waals surface area contributed by atoms with E-state index in [2.05, 4.69) is 4.74 Å². The first kappa shape index (κ1) is 9.78. The molecule has 0 spiro atoms. The molecule has 0 radical (unpaired) electrons. The third-order valence-electron chi connectivity index (χ3n) is 1.28. The smallest absolute Gasteiger partial charge is 0.266 e. The Labute approximate surface area is 58.8 Å². The van der Waals surface area contributed by atoms with Crippen molar-refractivity contribution < 1.29 is 18.6 Å². The average Bonchev–Trinajstić information content (AvgIpc) is 1.84. The van der Waals surface area contributed by atoms with Crippen LogP contribution in [0.25, 0.3) is 0 Å². The predicted molar refractivity (Wildman–Crippen MR) is 33.1 cm³/mol. The highest BCUT2D eigenvalue weighted by atomic mass is 19.3. The molecule has 0 amide bonds. The van der Waals surface area contributed by atoms with E-state index in [1.165, 1.54) is 7.11 Å². The van der Waals surface area contributed by atoms with Gasteiger partial charge in [-0.15, -0.1) is 0 Å². The lowest BCUT2D eigenvalue weighted by atomic mass is 10.0. The summed E-state index contributed by atoms with van der Waals surface area (Å²) in [6.45, 7) is 1.24. The molecule has 0 aliphatic rings. The van der Waals surface area contributed by atoms with Gasteiger partial charge in [0.05, 0.1) is 0 Å². The lowest BCUT2D eigenvalue weighted by Gasteiger charge is -2.20. The van der Waals surface area contributed by atoms with Crippen LogP contribution in [-0.2, 0) is 4.74 Å². The number of ether oxygens (including phenoxy) is 1. The Kier molecular flexibility index (Phi) is 3.75. The summed E-state index contributed by atoms with van der Waals surface area (Å²) in [7, 11) is 1.40. The Bertz CT molecular complexity index is 93.7. The molecule has 0 heterocycles. The van der Waals surface area contributed by atoms with Gasteiger partial charge in [-0.2, -0.15) is 0 Å². The number of rotatable bonds is 4. The van der Waals surface area contributed by atoms with Crippen LogP contribution in [0.3, 0.4) is 0 Å². The van der Waals surface area contributed by atoms with Gasteiger partial charge in [0.25, 0.3) is 6.43 Å². The van der Waals surface area contributed by atoms with Crippen LogP contribution in [0, 0.1) is 0 Å². The van der Waals surface area contributed by atoms with Gasteiger partial charge < -0.3 is 9.84 Å². The fourth-order valence-electron chi connectivity index (χ4n) is 0.418. The molecule has 62 valence electrons. The van der Waals surface area contributed by atoms with E-state index in [0.29, 0.717) is 0 Å². The Hall–Kier alpha value is -0.220. The first-order valence-corrected chi connectivity index (χ1v) is 3.00.